The van der Waals surface area contributed by atoms with Crippen LogP contribution in [0.5, 0.6) is 0 Å². The van der Waals surface area contributed by atoms with E-state index in [0.717, 1.165) is 21.9 Å². The van der Waals surface area contributed by atoms with Gasteiger partial charge in [0.05, 0.1) is 5.75 Å². The third kappa shape index (κ3) is 5.52. The Morgan fingerprint density at radius 2 is 1.57 bits per heavy atom. The summed E-state index contributed by atoms with van der Waals surface area (Å²) in [6, 6.07) is 15.8. The topological polar surface area (TPSA) is 40.6 Å². The Balaban J connectivity index is 1.42. The molecule has 0 N–H and O–H groups in total. The summed E-state index contributed by atoms with van der Waals surface area (Å²) in [4.78, 5) is 29.7. The number of rotatable bonds is 6. The maximum Gasteiger partial charge on any atom is 0.233 e. The van der Waals surface area contributed by atoms with Crippen LogP contribution >= 0.6 is 23.4 Å². The quantitative estimate of drug-likeness (QED) is 0.667. The van der Waals surface area contributed by atoms with Crippen molar-refractivity contribution in [1.29, 1.82) is 0 Å². The van der Waals surface area contributed by atoms with Gasteiger partial charge in [-0.25, -0.2) is 0 Å². The number of carbonyl (C=O) groups excluding carboxylic acids is 2. The summed E-state index contributed by atoms with van der Waals surface area (Å²) in [5.41, 5.74) is 2.19. The van der Waals surface area contributed by atoms with E-state index in [2.05, 4.69) is 0 Å². The summed E-state index contributed by atoms with van der Waals surface area (Å²) in [6.07, 6.45) is 1.27. The summed E-state index contributed by atoms with van der Waals surface area (Å²) in [5.74, 6) is 0.670. The fourth-order valence-corrected chi connectivity index (χ4v) is 4.43. The first-order valence-corrected chi connectivity index (χ1v) is 10.9. The molecule has 2 amide bonds. The zero-order valence-electron chi connectivity index (χ0n) is 16.1. The molecule has 148 valence electrons. The SMILES string of the molecule is Cc1c(Cl)cccc1SCC(=O)N1CCN(C(=O)CCc2ccccc2)CC1. The highest BCUT2D eigenvalue weighted by atomic mass is 35.5. The van der Waals surface area contributed by atoms with E-state index in [9.17, 15) is 9.59 Å². The minimum atomic E-state index is 0.112. The molecule has 1 aliphatic rings. The third-order valence-electron chi connectivity index (χ3n) is 5.02. The second kappa shape index (κ2) is 9.99. The van der Waals surface area contributed by atoms with Crippen molar-refractivity contribution < 1.29 is 9.59 Å². The molecule has 2 aromatic carbocycles. The van der Waals surface area contributed by atoms with Crippen LogP contribution in [0.25, 0.3) is 0 Å². The second-order valence-electron chi connectivity index (χ2n) is 6.90. The van der Waals surface area contributed by atoms with E-state index >= 15 is 0 Å². The molecular weight excluding hydrogens is 392 g/mol. The number of hydrogen-bond donors (Lipinski definition) is 0. The normalized spacial score (nSPS) is 14.2. The van der Waals surface area contributed by atoms with E-state index in [4.69, 9.17) is 11.6 Å². The summed E-state index contributed by atoms with van der Waals surface area (Å²) >= 11 is 7.66. The van der Waals surface area contributed by atoms with Crippen molar-refractivity contribution >= 4 is 35.2 Å². The van der Waals surface area contributed by atoms with Crippen LogP contribution in [-0.4, -0.2) is 53.5 Å². The van der Waals surface area contributed by atoms with E-state index in [0.29, 0.717) is 38.4 Å². The van der Waals surface area contributed by atoms with E-state index < -0.39 is 0 Å². The number of amides is 2. The second-order valence-corrected chi connectivity index (χ2v) is 8.32. The highest BCUT2D eigenvalue weighted by Gasteiger charge is 2.24. The Hall–Kier alpha value is -1.98. The standard InChI is InChI=1S/C22H25ClN2O2S/c1-17-19(23)8-5-9-20(17)28-16-22(27)25-14-12-24(13-15-25)21(26)11-10-18-6-3-2-4-7-18/h2-9H,10-16H2,1H3. The predicted octanol–water partition coefficient (Wildman–Crippen LogP) is 4.04. The molecule has 0 saturated carbocycles. The van der Waals surface area contributed by atoms with Gasteiger partial charge in [-0.05, 0) is 36.6 Å². The number of aryl methyl sites for hydroxylation is 1. The number of piperazine rings is 1. The van der Waals surface area contributed by atoms with Crippen molar-refractivity contribution in [2.24, 2.45) is 0 Å². The van der Waals surface area contributed by atoms with Crippen LogP contribution in [-0.2, 0) is 16.0 Å². The van der Waals surface area contributed by atoms with Crippen molar-refractivity contribution in [2.45, 2.75) is 24.7 Å². The van der Waals surface area contributed by atoms with Crippen LogP contribution in [0.15, 0.2) is 53.4 Å². The molecule has 4 nitrogen and oxygen atoms in total. The minimum Gasteiger partial charge on any atom is -0.339 e. The summed E-state index contributed by atoms with van der Waals surface area (Å²) in [6.45, 7) is 4.39. The first kappa shape index (κ1) is 20.7. The zero-order chi connectivity index (χ0) is 19.9. The molecule has 1 fully saturated rings. The van der Waals surface area contributed by atoms with Crippen molar-refractivity contribution in [1.82, 2.24) is 9.80 Å². The van der Waals surface area contributed by atoms with Gasteiger partial charge in [0, 0.05) is 42.5 Å². The molecule has 0 aromatic heterocycles. The molecule has 1 aliphatic heterocycles. The molecule has 0 atom stereocenters. The average Bonchev–Trinajstić information content (AvgIpc) is 2.73. The molecule has 0 bridgehead atoms. The smallest absolute Gasteiger partial charge is 0.233 e. The van der Waals surface area contributed by atoms with Crippen LogP contribution in [0.1, 0.15) is 17.5 Å². The minimum absolute atomic E-state index is 0.112. The molecule has 1 saturated heterocycles. The van der Waals surface area contributed by atoms with Crippen molar-refractivity contribution in [3.05, 3.63) is 64.7 Å². The van der Waals surface area contributed by atoms with Crippen molar-refractivity contribution in [3.8, 4) is 0 Å². The number of benzene rings is 2. The monoisotopic (exact) mass is 416 g/mol. The molecule has 0 radical (unpaired) electrons. The van der Waals surface area contributed by atoms with Gasteiger partial charge in [0.1, 0.15) is 0 Å². The van der Waals surface area contributed by atoms with Crippen LogP contribution in [0.3, 0.4) is 0 Å². The Bertz CT molecular complexity index is 821. The fourth-order valence-electron chi connectivity index (χ4n) is 3.23. The highest BCUT2D eigenvalue weighted by Crippen LogP contribution is 2.27. The lowest BCUT2D eigenvalue weighted by molar-refractivity contribution is -0.138. The third-order valence-corrected chi connectivity index (χ3v) is 6.58. The van der Waals surface area contributed by atoms with Gasteiger partial charge in [-0.15, -0.1) is 11.8 Å². The lowest BCUT2D eigenvalue weighted by Gasteiger charge is -2.35. The number of nitrogens with zero attached hydrogens (tertiary/aromatic N) is 2. The molecule has 0 aliphatic carbocycles. The lowest BCUT2D eigenvalue weighted by atomic mass is 10.1. The van der Waals surface area contributed by atoms with Crippen LogP contribution in [0.2, 0.25) is 5.02 Å². The first-order valence-electron chi connectivity index (χ1n) is 9.52. The van der Waals surface area contributed by atoms with E-state index in [-0.39, 0.29) is 11.8 Å². The summed E-state index contributed by atoms with van der Waals surface area (Å²) in [5, 5.41) is 0.722. The first-order chi connectivity index (χ1) is 13.5. The Morgan fingerprint density at radius 1 is 0.929 bits per heavy atom. The largest absolute Gasteiger partial charge is 0.339 e. The lowest BCUT2D eigenvalue weighted by Crippen LogP contribution is -2.51. The van der Waals surface area contributed by atoms with Gasteiger partial charge in [0.15, 0.2) is 0 Å². The Kier molecular flexibility index (Phi) is 7.40. The Morgan fingerprint density at radius 3 is 2.25 bits per heavy atom. The van der Waals surface area contributed by atoms with Gasteiger partial charge in [0.25, 0.3) is 0 Å². The van der Waals surface area contributed by atoms with Gasteiger partial charge in [0.2, 0.25) is 11.8 Å². The molecule has 1 heterocycles. The fraction of sp³-hybridized carbons (Fsp3) is 0.364. The predicted molar refractivity (Wildman–Crippen MR) is 115 cm³/mol. The average molecular weight is 417 g/mol. The number of thioether (sulfide) groups is 1. The molecule has 3 rings (SSSR count). The van der Waals surface area contributed by atoms with Crippen LogP contribution in [0, 0.1) is 6.92 Å². The molecule has 0 unspecified atom stereocenters. The zero-order valence-corrected chi connectivity index (χ0v) is 17.6. The van der Waals surface area contributed by atoms with E-state index in [1.807, 2.05) is 65.3 Å². The maximum atomic E-state index is 12.5. The molecular formula is C22H25ClN2O2S. The molecule has 28 heavy (non-hydrogen) atoms. The molecule has 2 aromatic rings. The van der Waals surface area contributed by atoms with Crippen LogP contribution in [0.4, 0.5) is 0 Å². The van der Waals surface area contributed by atoms with E-state index in [1.54, 1.807) is 0 Å². The molecule has 6 heteroatoms. The van der Waals surface area contributed by atoms with Gasteiger partial charge in [-0.2, -0.15) is 0 Å². The van der Waals surface area contributed by atoms with Crippen LogP contribution < -0.4 is 0 Å². The highest BCUT2D eigenvalue weighted by molar-refractivity contribution is 8.00. The summed E-state index contributed by atoms with van der Waals surface area (Å²) < 4.78 is 0. The number of carbonyl (C=O) groups is 2. The van der Waals surface area contributed by atoms with Crippen molar-refractivity contribution in [3.63, 3.8) is 0 Å². The van der Waals surface area contributed by atoms with Gasteiger partial charge in [-0.3, -0.25) is 9.59 Å². The van der Waals surface area contributed by atoms with E-state index in [1.165, 1.54) is 17.3 Å². The number of hydrogen-bond acceptors (Lipinski definition) is 3. The van der Waals surface area contributed by atoms with Gasteiger partial charge < -0.3 is 9.80 Å². The van der Waals surface area contributed by atoms with Gasteiger partial charge in [-0.1, -0.05) is 48.0 Å². The summed E-state index contributed by atoms with van der Waals surface area (Å²) in [7, 11) is 0. The van der Waals surface area contributed by atoms with Crippen molar-refractivity contribution in [2.75, 3.05) is 31.9 Å². The van der Waals surface area contributed by atoms with Gasteiger partial charge >= 0.3 is 0 Å². The Labute approximate surface area is 175 Å². The maximum absolute atomic E-state index is 12.5. The number of halogens is 1. The molecule has 0 spiro atoms.